The number of aromatic nitrogens is 2. The lowest BCUT2D eigenvalue weighted by Gasteiger charge is -2.59. The smallest absolute Gasteiger partial charge is 0.146 e. The molecule has 4 aliphatic carbocycles. The van der Waals surface area contributed by atoms with Crippen LogP contribution in [0.1, 0.15) is 57.2 Å². The Labute approximate surface area is 262 Å². The Hall–Kier alpha value is -3.22. The average molecular weight is 607 g/mol. The van der Waals surface area contributed by atoms with E-state index in [1.54, 1.807) is 23.9 Å². The zero-order valence-corrected chi connectivity index (χ0v) is 26.2. The van der Waals surface area contributed by atoms with Crippen LogP contribution in [-0.2, 0) is 11.2 Å². The first kappa shape index (κ1) is 28.3. The number of Topliss-reactive ketones (excluding diaryl/α,β-unsaturated/α-hetero) is 1. The van der Waals surface area contributed by atoms with Crippen LogP contribution < -0.4 is 0 Å². The standard InChI is InChI=1S/C38H39FN2O2S/c1-37-19-25-21-40-41(28-11-9-27(39)10-12-28)33(25)18-26(37)8-14-30-31-15-16-32(38(31,2)20-34(42)36(30)37)35(43)22-44-29-13-7-23-5-3-4-6-24(23)17-29/h3-7,9-13,17-18,21,30-32,34,36,42H,8,14-16,19-20,22H2,1-2H3. The Bertz CT molecular complexity index is 1800. The van der Waals surface area contributed by atoms with E-state index in [0.29, 0.717) is 29.8 Å². The summed E-state index contributed by atoms with van der Waals surface area (Å²) >= 11 is 1.65. The highest BCUT2D eigenvalue weighted by molar-refractivity contribution is 8.00. The highest BCUT2D eigenvalue weighted by Gasteiger charge is 2.63. The summed E-state index contributed by atoms with van der Waals surface area (Å²) in [7, 11) is 0. The van der Waals surface area contributed by atoms with Gasteiger partial charge in [-0.25, -0.2) is 9.07 Å². The zero-order valence-electron chi connectivity index (χ0n) is 25.4. The molecular formula is C38H39FN2O2S. The van der Waals surface area contributed by atoms with Gasteiger partial charge in [-0.05, 0) is 126 Å². The number of hydrogen-bond acceptors (Lipinski definition) is 4. The summed E-state index contributed by atoms with van der Waals surface area (Å²) in [6.07, 6.45) is 9.42. The lowest BCUT2D eigenvalue weighted by atomic mass is 9.46. The second kappa shape index (κ2) is 10.4. The summed E-state index contributed by atoms with van der Waals surface area (Å²) in [6, 6.07) is 21.3. The van der Waals surface area contributed by atoms with Crippen LogP contribution in [0.5, 0.6) is 0 Å². The molecule has 0 radical (unpaired) electrons. The van der Waals surface area contributed by atoms with Crippen molar-refractivity contribution in [2.45, 2.75) is 63.4 Å². The topological polar surface area (TPSA) is 55.1 Å². The SMILES string of the molecule is CC12Cc3cnn(-c4ccc(F)cc4)c3C=C1CCC1C2C(O)CC2(C)C(C(=O)CSc3ccc4ccccc4c3)CCC12. The molecule has 3 fully saturated rings. The second-order valence-electron chi connectivity index (χ2n) is 14.2. The van der Waals surface area contributed by atoms with Gasteiger partial charge in [0.2, 0.25) is 0 Å². The largest absolute Gasteiger partial charge is 0.393 e. The van der Waals surface area contributed by atoms with Gasteiger partial charge in [0.05, 0.1) is 29.4 Å². The van der Waals surface area contributed by atoms with E-state index in [9.17, 15) is 14.3 Å². The fraction of sp³-hybridized carbons (Fsp3) is 0.421. The van der Waals surface area contributed by atoms with E-state index in [-0.39, 0.29) is 28.5 Å². The third kappa shape index (κ3) is 4.35. The maximum atomic E-state index is 13.8. The van der Waals surface area contributed by atoms with Crippen LogP contribution in [0, 0.1) is 40.3 Å². The normalized spacial score (nSPS) is 32.4. The molecule has 226 valence electrons. The van der Waals surface area contributed by atoms with Crippen molar-refractivity contribution in [3.05, 3.63) is 95.6 Å². The highest BCUT2D eigenvalue weighted by atomic mass is 32.2. The van der Waals surface area contributed by atoms with Gasteiger partial charge in [0, 0.05) is 10.8 Å². The molecule has 4 nitrogen and oxygen atoms in total. The fourth-order valence-corrected chi connectivity index (χ4v) is 10.9. The molecule has 7 atom stereocenters. The number of ketones is 1. The minimum atomic E-state index is -0.440. The summed E-state index contributed by atoms with van der Waals surface area (Å²) in [4.78, 5) is 15.0. The summed E-state index contributed by atoms with van der Waals surface area (Å²) in [5, 5.41) is 19.1. The molecule has 7 unspecified atom stereocenters. The van der Waals surface area contributed by atoms with E-state index in [1.165, 1.54) is 34.0 Å². The summed E-state index contributed by atoms with van der Waals surface area (Å²) in [5.41, 5.74) is 4.22. The molecule has 4 aromatic rings. The molecule has 1 aromatic heterocycles. The number of carbonyl (C=O) groups is 1. The Balaban J connectivity index is 1.02. The van der Waals surface area contributed by atoms with Gasteiger partial charge in [-0.3, -0.25) is 4.79 Å². The highest BCUT2D eigenvalue weighted by Crippen LogP contribution is 2.66. The predicted molar refractivity (Wildman–Crippen MR) is 174 cm³/mol. The minimum absolute atomic E-state index is 0.00713. The van der Waals surface area contributed by atoms with Gasteiger partial charge in [0.25, 0.3) is 0 Å². The number of aliphatic hydroxyl groups excluding tert-OH is 1. The van der Waals surface area contributed by atoms with Crippen LogP contribution in [0.25, 0.3) is 22.5 Å². The van der Waals surface area contributed by atoms with Crippen molar-refractivity contribution in [2.24, 2.45) is 34.5 Å². The molecule has 1 N–H and O–H groups in total. The third-order valence-electron chi connectivity index (χ3n) is 12.0. The summed E-state index contributed by atoms with van der Waals surface area (Å²) in [6.45, 7) is 4.67. The number of aliphatic hydroxyl groups is 1. The monoisotopic (exact) mass is 606 g/mol. The molecule has 0 amide bonds. The van der Waals surface area contributed by atoms with Gasteiger partial charge in [-0.1, -0.05) is 49.8 Å². The van der Waals surface area contributed by atoms with Crippen molar-refractivity contribution in [3.8, 4) is 5.69 Å². The van der Waals surface area contributed by atoms with Crippen LogP contribution in [0.2, 0.25) is 0 Å². The zero-order chi connectivity index (χ0) is 30.2. The maximum Gasteiger partial charge on any atom is 0.146 e. The van der Waals surface area contributed by atoms with E-state index in [2.05, 4.69) is 62.4 Å². The molecule has 4 aliphatic rings. The quantitative estimate of drug-likeness (QED) is 0.232. The van der Waals surface area contributed by atoms with Crippen LogP contribution in [0.3, 0.4) is 0 Å². The lowest BCUT2D eigenvalue weighted by Crippen LogP contribution is -2.57. The van der Waals surface area contributed by atoms with E-state index in [4.69, 9.17) is 5.10 Å². The van der Waals surface area contributed by atoms with Gasteiger partial charge in [-0.2, -0.15) is 5.10 Å². The molecule has 0 aliphatic heterocycles. The molecule has 0 bridgehead atoms. The van der Waals surface area contributed by atoms with Crippen molar-refractivity contribution in [2.75, 3.05) is 5.75 Å². The van der Waals surface area contributed by atoms with E-state index >= 15 is 0 Å². The van der Waals surface area contributed by atoms with Crippen molar-refractivity contribution in [1.29, 1.82) is 0 Å². The van der Waals surface area contributed by atoms with Crippen LogP contribution in [0.4, 0.5) is 4.39 Å². The van der Waals surface area contributed by atoms with Gasteiger partial charge in [0.1, 0.15) is 11.6 Å². The van der Waals surface area contributed by atoms with E-state index in [0.717, 1.165) is 48.4 Å². The number of halogens is 1. The molecule has 44 heavy (non-hydrogen) atoms. The fourth-order valence-electron chi connectivity index (χ4n) is 10.0. The minimum Gasteiger partial charge on any atom is -0.393 e. The Kier molecular flexibility index (Phi) is 6.69. The summed E-state index contributed by atoms with van der Waals surface area (Å²) in [5.74, 6) is 1.62. The number of benzene rings is 3. The number of carbonyl (C=O) groups excluding carboxylic acids is 1. The molecular weight excluding hydrogens is 567 g/mol. The Morgan fingerprint density at radius 1 is 1.05 bits per heavy atom. The maximum absolute atomic E-state index is 13.8. The van der Waals surface area contributed by atoms with Gasteiger partial charge in [0.15, 0.2) is 0 Å². The number of nitrogens with zero attached hydrogens (tertiary/aromatic N) is 2. The molecule has 3 saturated carbocycles. The molecule has 0 saturated heterocycles. The van der Waals surface area contributed by atoms with E-state index in [1.807, 2.05) is 10.9 Å². The lowest BCUT2D eigenvalue weighted by molar-refractivity contribution is -0.140. The molecule has 0 spiro atoms. The number of allylic oxidation sites excluding steroid dienone is 1. The summed E-state index contributed by atoms with van der Waals surface area (Å²) < 4.78 is 15.5. The Morgan fingerprint density at radius 2 is 1.84 bits per heavy atom. The average Bonchev–Trinajstić information content (AvgIpc) is 3.58. The molecule has 3 aromatic carbocycles. The number of thioether (sulfide) groups is 1. The Morgan fingerprint density at radius 3 is 2.66 bits per heavy atom. The van der Waals surface area contributed by atoms with Crippen LogP contribution >= 0.6 is 11.8 Å². The van der Waals surface area contributed by atoms with Gasteiger partial charge < -0.3 is 5.11 Å². The van der Waals surface area contributed by atoms with Crippen molar-refractivity contribution in [3.63, 3.8) is 0 Å². The van der Waals surface area contributed by atoms with Crippen LogP contribution in [0.15, 0.2) is 83.4 Å². The van der Waals surface area contributed by atoms with Crippen molar-refractivity contribution >= 4 is 34.4 Å². The predicted octanol–water partition coefficient (Wildman–Crippen LogP) is 8.30. The number of hydrogen-bond donors (Lipinski definition) is 1. The van der Waals surface area contributed by atoms with Gasteiger partial charge >= 0.3 is 0 Å². The third-order valence-corrected chi connectivity index (χ3v) is 13.0. The first-order chi connectivity index (χ1) is 21.2. The molecule has 1 heterocycles. The molecule has 8 rings (SSSR count). The second-order valence-corrected chi connectivity index (χ2v) is 15.3. The number of fused-ring (bicyclic) bond motifs is 7. The van der Waals surface area contributed by atoms with Crippen molar-refractivity contribution < 1.29 is 14.3 Å². The number of rotatable bonds is 5. The van der Waals surface area contributed by atoms with Crippen molar-refractivity contribution in [1.82, 2.24) is 9.78 Å². The first-order valence-corrected chi connectivity index (χ1v) is 17.1. The van der Waals surface area contributed by atoms with Gasteiger partial charge in [-0.15, -0.1) is 11.8 Å². The molecule has 6 heteroatoms. The first-order valence-electron chi connectivity index (χ1n) is 16.1. The van der Waals surface area contributed by atoms with E-state index < -0.39 is 6.10 Å². The van der Waals surface area contributed by atoms with Crippen LogP contribution in [-0.4, -0.2) is 32.5 Å².